The van der Waals surface area contributed by atoms with Gasteiger partial charge >= 0.3 is 0 Å². The topological polar surface area (TPSA) is 80.3 Å². The molecule has 0 aliphatic carbocycles. The highest BCUT2D eigenvalue weighted by molar-refractivity contribution is 5.46. The number of ether oxygens (including phenoxy) is 5. The van der Waals surface area contributed by atoms with Crippen molar-refractivity contribution in [1.29, 1.82) is 0 Å². The zero-order valence-corrected chi connectivity index (χ0v) is 39.6. The Kier molecular flexibility index (Phi) is 25.4. The average molecular weight is 899 g/mol. The van der Waals surface area contributed by atoms with Crippen LogP contribution in [-0.4, -0.2) is 38.5 Å². The van der Waals surface area contributed by atoms with Gasteiger partial charge < -0.3 is 23.7 Å². The highest BCUT2D eigenvalue weighted by Crippen LogP contribution is 2.41. The lowest BCUT2D eigenvalue weighted by Gasteiger charge is -2.31. The zero-order valence-electron chi connectivity index (χ0n) is 39.6. The van der Waals surface area contributed by atoms with Crippen molar-refractivity contribution in [2.24, 2.45) is 0 Å². The van der Waals surface area contributed by atoms with E-state index in [0.717, 1.165) is 61.2 Å². The molecule has 0 spiro atoms. The number of hydrogen-bond acceptors (Lipinski definition) is 7. The molecule has 0 radical (unpaired) electrons. The van der Waals surface area contributed by atoms with Crippen molar-refractivity contribution in [2.75, 3.05) is 13.2 Å². The van der Waals surface area contributed by atoms with Crippen molar-refractivity contribution in [3.63, 3.8) is 0 Å². The van der Waals surface area contributed by atoms with Crippen LogP contribution in [0.15, 0.2) is 97.1 Å². The van der Waals surface area contributed by atoms with E-state index in [4.69, 9.17) is 23.7 Å². The number of halogens is 2. The summed E-state index contributed by atoms with van der Waals surface area (Å²) in [5.41, 5.74) is 3.10. The van der Waals surface area contributed by atoms with E-state index in [1.165, 1.54) is 51.4 Å². The summed E-state index contributed by atoms with van der Waals surface area (Å²) in [6.45, 7) is 10.6. The summed E-state index contributed by atoms with van der Waals surface area (Å²) in [5.74, 6) is 1.39. The van der Waals surface area contributed by atoms with Crippen LogP contribution in [0.4, 0.5) is 8.78 Å². The summed E-state index contributed by atoms with van der Waals surface area (Å²) in [7, 11) is 0. The lowest BCUT2D eigenvalue weighted by molar-refractivity contribution is -0.121. The average Bonchev–Trinajstić information content (AvgIpc) is 3.32. The summed E-state index contributed by atoms with van der Waals surface area (Å²) < 4.78 is 63.5. The molecular formula is C56H76F2O7. The Hall–Kier alpha value is -4.76. The van der Waals surface area contributed by atoms with Crippen LogP contribution in [-0.2, 0) is 14.3 Å². The molecule has 0 N–H and O–H groups in total. The second-order valence-corrected chi connectivity index (χ2v) is 17.3. The molecule has 0 saturated heterocycles. The maximum atomic E-state index is 17.1. The largest absolute Gasteiger partial charge is 0.494 e. The van der Waals surface area contributed by atoms with E-state index >= 15 is 8.78 Å². The molecule has 4 aromatic carbocycles. The van der Waals surface area contributed by atoms with Gasteiger partial charge in [-0.15, -0.1) is 0 Å². The van der Waals surface area contributed by atoms with Crippen LogP contribution in [0.3, 0.4) is 0 Å². The van der Waals surface area contributed by atoms with Gasteiger partial charge in [0.15, 0.2) is 0 Å². The Bertz CT molecular complexity index is 1700. The zero-order chi connectivity index (χ0) is 46.5. The second kappa shape index (κ2) is 31.2. The van der Waals surface area contributed by atoms with Gasteiger partial charge in [0.1, 0.15) is 35.3 Å². The summed E-state index contributed by atoms with van der Waals surface area (Å²) >= 11 is 0. The third kappa shape index (κ3) is 18.9. The molecule has 0 aliphatic heterocycles. The Morgan fingerprint density at radius 3 is 1.08 bits per heavy atom. The first-order chi connectivity index (χ1) is 31.8. The molecule has 0 heterocycles. The molecule has 4 unspecified atom stereocenters. The molecular weight excluding hydrogens is 823 g/mol. The number of carbonyl (C=O) groups excluding carboxylic acids is 2. The monoisotopic (exact) mass is 899 g/mol. The van der Waals surface area contributed by atoms with E-state index in [1.807, 2.05) is 48.5 Å². The van der Waals surface area contributed by atoms with Crippen molar-refractivity contribution in [2.45, 2.75) is 180 Å². The van der Waals surface area contributed by atoms with Crippen molar-refractivity contribution >= 4 is 12.9 Å². The van der Waals surface area contributed by atoms with Gasteiger partial charge in [-0.2, -0.15) is 0 Å². The number of rotatable bonds is 36. The van der Waals surface area contributed by atoms with Gasteiger partial charge in [-0.1, -0.05) is 153 Å². The number of hydrogen-bond donors (Lipinski definition) is 0. The minimum atomic E-state index is -1.32. The Morgan fingerprint density at radius 2 is 0.738 bits per heavy atom. The first kappa shape index (κ1) is 52.9. The van der Waals surface area contributed by atoms with Crippen LogP contribution in [0.25, 0.3) is 0 Å². The third-order valence-corrected chi connectivity index (χ3v) is 12.3. The van der Waals surface area contributed by atoms with E-state index in [9.17, 15) is 9.59 Å². The lowest BCUT2D eigenvalue weighted by atomic mass is 9.85. The van der Waals surface area contributed by atoms with E-state index in [-0.39, 0.29) is 12.8 Å². The first-order valence-electron chi connectivity index (χ1n) is 24.6. The number of carbonyl (C=O) groups is 2. The van der Waals surface area contributed by atoms with E-state index in [2.05, 4.69) is 27.7 Å². The van der Waals surface area contributed by atoms with Crippen LogP contribution in [0.2, 0.25) is 0 Å². The molecule has 356 valence electrons. The van der Waals surface area contributed by atoms with Crippen molar-refractivity contribution in [3.05, 3.63) is 119 Å². The Balaban J connectivity index is 1.57. The second-order valence-electron chi connectivity index (χ2n) is 17.3. The van der Waals surface area contributed by atoms with E-state index in [0.29, 0.717) is 61.6 Å². The van der Waals surface area contributed by atoms with Crippen molar-refractivity contribution < 1.29 is 42.1 Å². The summed E-state index contributed by atoms with van der Waals surface area (Å²) in [4.78, 5) is 22.3. The maximum Gasteiger partial charge on any atom is 0.298 e. The fourth-order valence-electron chi connectivity index (χ4n) is 8.61. The summed E-state index contributed by atoms with van der Waals surface area (Å²) in [6, 6.07) is 29.2. The minimum absolute atomic E-state index is 0.00673. The number of alkyl halides is 2. The van der Waals surface area contributed by atoms with Gasteiger partial charge in [0.25, 0.3) is 12.9 Å². The van der Waals surface area contributed by atoms with Crippen LogP contribution in [0.1, 0.15) is 190 Å². The van der Waals surface area contributed by atoms with E-state index < -0.39 is 36.4 Å². The fraction of sp³-hybridized carbons (Fsp3) is 0.536. The predicted molar refractivity (Wildman–Crippen MR) is 258 cm³/mol. The standard InChI is InChI=1S/C56H76F2O7/c1-5-9-11-13-15-17-37-61-47-29-21-43(22-30-47)51(19-7-3)53(57)39-55(45-25-33-49(34-26-45)63-41-59)65-56(46-27-35-50(36-28-46)64-42-60)40-54(58)52(20-8-4)44-23-31-48(32-24-44)62-38-18-16-14-12-10-6-2/h21-36,41-42,51-56H,5-20,37-40H2,1-4H3/t51?,52?,53-,54-,55?,56?/m1/s1. The summed E-state index contributed by atoms with van der Waals surface area (Å²) in [6.07, 6.45) is 12.8. The van der Waals surface area contributed by atoms with Gasteiger partial charge in [0.05, 0.1) is 25.4 Å². The molecule has 65 heavy (non-hydrogen) atoms. The maximum absolute atomic E-state index is 17.1. The molecule has 4 rings (SSSR count). The molecule has 9 heteroatoms. The predicted octanol–water partition coefficient (Wildman–Crippen LogP) is 15.7. The molecule has 0 bridgehead atoms. The van der Waals surface area contributed by atoms with Crippen molar-refractivity contribution in [3.8, 4) is 23.0 Å². The van der Waals surface area contributed by atoms with Crippen LogP contribution >= 0.6 is 0 Å². The highest BCUT2D eigenvalue weighted by atomic mass is 19.1. The van der Waals surface area contributed by atoms with Gasteiger partial charge in [0.2, 0.25) is 0 Å². The van der Waals surface area contributed by atoms with Crippen LogP contribution < -0.4 is 18.9 Å². The quantitative estimate of drug-likeness (QED) is 0.0332. The molecule has 0 aliphatic rings. The SMILES string of the molecule is CCCCCCCCOc1ccc(C(CCC)[C@H](F)CC(OC(C[C@@H](F)C(CCC)c2ccc(OCCCCCCCC)cc2)c2ccc(OC=O)cc2)c2ccc(OC=O)cc2)cc1. The first-order valence-corrected chi connectivity index (χ1v) is 24.6. The smallest absolute Gasteiger partial charge is 0.298 e. The van der Waals surface area contributed by atoms with Gasteiger partial charge in [-0.3, -0.25) is 9.59 Å². The number of benzene rings is 4. The van der Waals surface area contributed by atoms with Crippen LogP contribution in [0, 0.1) is 0 Å². The summed E-state index contributed by atoms with van der Waals surface area (Å²) in [5, 5.41) is 0. The normalized spacial score (nSPS) is 14.1. The Labute approximate surface area is 389 Å². The van der Waals surface area contributed by atoms with Gasteiger partial charge in [-0.05, 0) is 96.5 Å². The third-order valence-electron chi connectivity index (χ3n) is 12.3. The van der Waals surface area contributed by atoms with Crippen molar-refractivity contribution in [1.82, 2.24) is 0 Å². The molecule has 6 atom stereocenters. The molecule has 0 aromatic heterocycles. The van der Waals surface area contributed by atoms with Crippen LogP contribution in [0.5, 0.6) is 23.0 Å². The Morgan fingerprint density at radius 1 is 0.415 bits per heavy atom. The molecule has 4 aromatic rings. The molecule has 0 saturated carbocycles. The lowest BCUT2D eigenvalue weighted by Crippen LogP contribution is -2.23. The molecule has 7 nitrogen and oxygen atoms in total. The van der Waals surface area contributed by atoms with Gasteiger partial charge in [0, 0.05) is 24.7 Å². The molecule has 0 fully saturated rings. The number of unbranched alkanes of at least 4 members (excludes halogenated alkanes) is 10. The highest BCUT2D eigenvalue weighted by Gasteiger charge is 2.32. The molecule has 0 amide bonds. The van der Waals surface area contributed by atoms with Gasteiger partial charge in [-0.25, -0.2) is 8.78 Å². The fourth-order valence-corrected chi connectivity index (χ4v) is 8.61. The minimum Gasteiger partial charge on any atom is -0.494 e. The van der Waals surface area contributed by atoms with E-state index in [1.54, 1.807) is 48.5 Å².